The van der Waals surface area contributed by atoms with Crippen molar-refractivity contribution in [3.05, 3.63) is 24.0 Å². The first-order chi connectivity index (χ1) is 8.89. The molecule has 1 aromatic heterocycles. The van der Waals surface area contributed by atoms with E-state index in [9.17, 15) is 17.1 Å². The van der Waals surface area contributed by atoms with E-state index < -0.39 is 21.9 Å². The molecule has 2 rings (SSSR count). The fourth-order valence-corrected chi connectivity index (χ4v) is 2.82. The Hall–Kier alpha value is -2.01. The molecule has 1 unspecified atom stereocenters. The number of carbonyl (C=O) groups is 1. The number of pyridine rings is 1. The Bertz CT molecular complexity index is 636. The SMILES string of the molecule is N#Cc1ccc(N2CC(CS(=O)(=O)F)CC2=O)cn1. The molecule has 19 heavy (non-hydrogen) atoms. The summed E-state index contributed by atoms with van der Waals surface area (Å²) >= 11 is 0. The fraction of sp³-hybridized carbons (Fsp3) is 0.364. The van der Waals surface area contributed by atoms with Crippen molar-refractivity contribution in [3.8, 4) is 6.07 Å². The van der Waals surface area contributed by atoms with Crippen molar-refractivity contribution in [3.63, 3.8) is 0 Å². The molecule has 1 aliphatic rings. The highest BCUT2D eigenvalue weighted by atomic mass is 32.3. The zero-order valence-corrected chi connectivity index (χ0v) is 10.6. The number of hydrogen-bond acceptors (Lipinski definition) is 5. The van der Waals surface area contributed by atoms with Crippen LogP contribution in [0.1, 0.15) is 12.1 Å². The lowest BCUT2D eigenvalue weighted by atomic mass is 10.1. The Labute approximate surface area is 109 Å². The van der Waals surface area contributed by atoms with Gasteiger partial charge in [-0.15, -0.1) is 3.89 Å². The third kappa shape index (κ3) is 3.26. The molecule has 1 aliphatic heterocycles. The van der Waals surface area contributed by atoms with Gasteiger partial charge in [0.2, 0.25) is 5.91 Å². The second kappa shape index (κ2) is 4.93. The normalized spacial score (nSPS) is 19.5. The van der Waals surface area contributed by atoms with Crippen LogP contribution in [0.5, 0.6) is 0 Å². The van der Waals surface area contributed by atoms with Crippen molar-refractivity contribution in [1.82, 2.24) is 4.98 Å². The summed E-state index contributed by atoms with van der Waals surface area (Å²) in [5.41, 5.74) is 0.695. The topological polar surface area (TPSA) is 91.1 Å². The number of nitrogens with zero attached hydrogens (tertiary/aromatic N) is 3. The molecular weight excluding hydrogens is 273 g/mol. The monoisotopic (exact) mass is 283 g/mol. The average Bonchev–Trinajstić information content (AvgIpc) is 2.68. The summed E-state index contributed by atoms with van der Waals surface area (Å²) in [6.07, 6.45) is 1.35. The molecule has 1 fully saturated rings. The molecule has 0 aliphatic carbocycles. The van der Waals surface area contributed by atoms with Crippen molar-refractivity contribution in [2.45, 2.75) is 6.42 Å². The van der Waals surface area contributed by atoms with Gasteiger partial charge in [-0.25, -0.2) is 4.98 Å². The Kier molecular flexibility index (Phi) is 3.48. The van der Waals surface area contributed by atoms with Gasteiger partial charge < -0.3 is 4.90 Å². The predicted octanol–water partition coefficient (Wildman–Crippen LogP) is 0.605. The Morgan fingerprint density at radius 3 is 2.79 bits per heavy atom. The molecule has 0 saturated carbocycles. The Morgan fingerprint density at radius 2 is 2.26 bits per heavy atom. The van der Waals surface area contributed by atoms with Crippen LogP contribution in [0.2, 0.25) is 0 Å². The summed E-state index contributed by atoms with van der Waals surface area (Å²) in [7, 11) is -4.58. The van der Waals surface area contributed by atoms with Gasteiger partial charge in [0.25, 0.3) is 0 Å². The van der Waals surface area contributed by atoms with Gasteiger partial charge in [0.1, 0.15) is 11.8 Å². The van der Waals surface area contributed by atoms with Crippen molar-refractivity contribution >= 4 is 21.8 Å². The molecule has 1 saturated heterocycles. The van der Waals surface area contributed by atoms with Gasteiger partial charge in [-0.1, -0.05) is 0 Å². The van der Waals surface area contributed by atoms with Gasteiger partial charge >= 0.3 is 10.2 Å². The van der Waals surface area contributed by atoms with E-state index in [1.165, 1.54) is 17.2 Å². The highest BCUT2D eigenvalue weighted by molar-refractivity contribution is 7.86. The minimum absolute atomic E-state index is 0.0108. The molecule has 8 heteroatoms. The molecule has 0 bridgehead atoms. The second-order valence-corrected chi connectivity index (χ2v) is 5.70. The van der Waals surface area contributed by atoms with Gasteiger partial charge in [-0.2, -0.15) is 13.7 Å². The van der Waals surface area contributed by atoms with Crippen molar-refractivity contribution in [2.24, 2.45) is 5.92 Å². The number of carbonyl (C=O) groups excluding carboxylic acids is 1. The van der Waals surface area contributed by atoms with Crippen LogP contribution in [0.25, 0.3) is 0 Å². The van der Waals surface area contributed by atoms with Gasteiger partial charge in [-0.3, -0.25) is 4.79 Å². The highest BCUT2D eigenvalue weighted by Gasteiger charge is 2.33. The first kappa shape index (κ1) is 13.4. The lowest BCUT2D eigenvalue weighted by Crippen LogP contribution is -2.25. The number of amides is 1. The van der Waals surface area contributed by atoms with Crippen LogP contribution in [0.4, 0.5) is 9.57 Å². The molecular formula is C11H10FN3O3S. The predicted molar refractivity (Wildman–Crippen MR) is 64.3 cm³/mol. The second-order valence-electron chi connectivity index (χ2n) is 4.29. The van der Waals surface area contributed by atoms with Crippen molar-refractivity contribution < 1.29 is 17.1 Å². The number of aromatic nitrogens is 1. The van der Waals surface area contributed by atoms with Gasteiger partial charge in [-0.05, 0) is 12.1 Å². The Balaban J connectivity index is 2.13. The minimum atomic E-state index is -4.58. The average molecular weight is 283 g/mol. The first-order valence-corrected chi connectivity index (χ1v) is 7.03. The summed E-state index contributed by atoms with van der Waals surface area (Å²) in [5, 5.41) is 8.61. The van der Waals surface area contributed by atoms with E-state index in [1.54, 1.807) is 6.07 Å². The minimum Gasteiger partial charge on any atom is -0.311 e. The Morgan fingerprint density at radius 1 is 1.53 bits per heavy atom. The highest BCUT2D eigenvalue weighted by Crippen LogP contribution is 2.25. The number of hydrogen-bond donors (Lipinski definition) is 0. The molecule has 2 heterocycles. The van der Waals surface area contributed by atoms with Crippen LogP contribution in [-0.4, -0.2) is 31.6 Å². The van der Waals surface area contributed by atoms with E-state index in [4.69, 9.17) is 5.26 Å². The van der Waals surface area contributed by atoms with Crippen molar-refractivity contribution in [2.75, 3.05) is 17.2 Å². The van der Waals surface area contributed by atoms with Crippen LogP contribution in [0.15, 0.2) is 18.3 Å². The molecule has 0 N–H and O–H groups in total. The maximum atomic E-state index is 12.6. The first-order valence-electron chi connectivity index (χ1n) is 5.48. The molecule has 0 radical (unpaired) electrons. The number of anilines is 1. The maximum Gasteiger partial charge on any atom is 0.302 e. The molecule has 1 aromatic rings. The molecule has 6 nitrogen and oxygen atoms in total. The third-order valence-electron chi connectivity index (χ3n) is 2.81. The van der Waals surface area contributed by atoms with Crippen LogP contribution >= 0.6 is 0 Å². The zero-order chi connectivity index (χ0) is 14.0. The number of rotatable bonds is 3. The summed E-state index contributed by atoms with van der Waals surface area (Å²) in [4.78, 5) is 16.9. The lowest BCUT2D eigenvalue weighted by Gasteiger charge is -2.15. The summed E-state index contributed by atoms with van der Waals surface area (Å²) in [5.74, 6) is -1.49. The largest absolute Gasteiger partial charge is 0.311 e. The van der Waals surface area contributed by atoms with Gasteiger partial charge in [0, 0.05) is 18.9 Å². The van der Waals surface area contributed by atoms with Crippen LogP contribution in [0.3, 0.4) is 0 Å². The number of halogens is 1. The molecule has 100 valence electrons. The molecule has 1 atom stereocenters. The smallest absolute Gasteiger partial charge is 0.302 e. The molecule has 1 amide bonds. The molecule has 0 spiro atoms. The van der Waals surface area contributed by atoms with E-state index in [-0.39, 0.29) is 24.6 Å². The van der Waals surface area contributed by atoms with E-state index in [0.29, 0.717) is 5.69 Å². The van der Waals surface area contributed by atoms with E-state index in [2.05, 4.69) is 4.98 Å². The van der Waals surface area contributed by atoms with Gasteiger partial charge in [0.05, 0.1) is 17.6 Å². The quantitative estimate of drug-likeness (QED) is 0.758. The zero-order valence-electron chi connectivity index (χ0n) is 9.78. The van der Waals surface area contributed by atoms with Crippen molar-refractivity contribution in [1.29, 1.82) is 5.26 Å². The van der Waals surface area contributed by atoms with Gasteiger partial charge in [0.15, 0.2) is 0 Å². The lowest BCUT2D eigenvalue weighted by molar-refractivity contribution is -0.117. The van der Waals surface area contributed by atoms with E-state index >= 15 is 0 Å². The summed E-state index contributed by atoms with van der Waals surface area (Å²) in [6, 6.07) is 4.86. The standard InChI is InChI=1S/C11H10FN3O3S/c12-19(17,18)7-8-3-11(16)15(6-8)10-2-1-9(4-13)14-5-10/h1-2,5,8H,3,6-7H2. The maximum absolute atomic E-state index is 12.6. The summed E-state index contributed by atoms with van der Waals surface area (Å²) < 4.78 is 33.7. The van der Waals surface area contributed by atoms with E-state index in [1.807, 2.05) is 6.07 Å². The van der Waals surface area contributed by atoms with Crippen LogP contribution < -0.4 is 4.90 Å². The fourth-order valence-electron chi connectivity index (χ4n) is 2.04. The molecule has 0 aromatic carbocycles. The summed E-state index contributed by atoms with van der Waals surface area (Å²) in [6.45, 7) is 0.134. The number of nitriles is 1. The third-order valence-corrected chi connectivity index (χ3v) is 3.68. The van der Waals surface area contributed by atoms with Crippen LogP contribution in [-0.2, 0) is 15.0 Å². The van der Waals surface area contributed by atoms with Crippen LogP contribution in [0, 0.1) is 17.2 Å². The van der Waals surface area contributed by atoms with E-state index in [0.717, 1.165) is 0 Å².